The third kappa shape index (κ3) is 11.2. The predicted octanol–water partition coefficient (Wildman–Crippen LogP) is -0.295. The number of carbonyl (C=O) groups is 2. The summed E-state index contributed by atoms with van der Waals surface area (Å²) < 4.78 is 0. The van der Waals surface area contributed by atoms with Crippen LogP contribution < -0.4 is 10.2 Å². The average molecular weight is 501 g/mol. The van der Waals surface area contributed by atoms with Gasteiger partial charge < -0.3 is 40.0 Å². The van der Waals surface area contributed by atoms with E-state index in [2.05, 4.69) is 19.9 Å². The van der Waals surface area contributed by atoms with Crippen LogP contribution in [0.15, 0.2) is 48.5 Å². The molecule has 2 aromatic carbocycles. The fourth-order valence-electron chi connectivity index (χ4n) is 2.45. The van der Waals surface area contributed by atoms with Gasteiger partial charge in [-0.3, -0.25) is 0 Å². The summed E-state index contributed by atoms with van der Waals surface area (Å²) in [5.74, 6) is -1.39. The molecule has 0 aliphatic heterocycles. The number of fused-ring (bicyclic) bond motifs is 2. The number of carbonyl (C=O) groups excluding carboxylic acids is 2. The van der Waals surface area contributed by atoms with Gasteiger partial charge in [-0.2, -0.15) is 0 Å². The van der Waals surface area contributed by atoms with E-state index in [-0.39, 0.29) is 42.5 Å². The van der Waals surface area contributed by atoms with Crippen LogP contribution in [0.2, 0.25) is 0 Å². The standard InChI is InChI=1S/2C9H8N2O2.2C2H6O.Ni/c2*12-9(13)5-8-10-6-3-1-2-4-7(6)11-8;2*1-2-3;/h2*1-4H,5H2,(H,10,11)(H,12,13);2*3H,2H2,1H3;/q;;;;+2/p-2. The molecule has 4 N–H and O–H groups in total. The van der Waals surface area contributed by atoms with Gasteiger partial charge in [0.1, 0.15) is 11.6 Å². The molecule has 0 bridgehead atoms. The number of aliphatic hydroxyl groups excluding tert-OH is 2. The Morgan fingerprint density at radius 1 is 0.758 bits per heavy atom. The second kappa shape index (κ2) is 16.4. The van der Waals surface area contributed by atoms with E-state index in [4.69, 9.17) is 10.2 Å². The molecule has 0 amide bonds. The second-order valence-electron chi connectivity index (χ2n) is 6.13. The van der Waals surface area contributed by atoms with Gasteiger partial charge in [0.05, 0.1) is 22.1 Å². The number of hydrogen-bond donors (Lipinski definition) is 4. The van der Waals surface area contributed by atoms with Gasteiger partial charge in [-0.05, 0) is 38.1 Å². The predicted molar refractivity (Wildman–Crippen MR) is 115 cm³/mol. The van der Waals surface area contributed by atoms with Crippen LogP contribution in [0.1, 0.15) is 25.5 Å². The van der Waals surface area contributed by atoms with Gasteiger partial charge in [-0.1, -0.05) is 24.3 Å². The molecule has 4 rings (SSSR count). The maximum absolute atomic E-state index is 10.3. The Hall–Kier alpha value is -3.27. The minimum Gasteiger partial charge on any atom is -0.550 e. The van der Waals surface area contributed by atoms with Gasteiger partial charge in [0.15, 0.2) is 0 Å². The maximum Gasteiger partial charge on any atom is 2.00 e. The molecule has 0 unspecified atom stereocenters. The zero-order valence-electron chi connectivity index (χ0n) is 18.2. The molecule has 0 fully saturated rings. The number of benzene rings is 2. The third-order valence-electron chi connectivity index (χ3n) is 3.50. The van der Waals surface area contributed by atoms with Gasteiger partial charge in [-0.15, -0.1) is 0 Å². The van der Waals surface area contributed by atoms with E-state index in [1.165, 1.54) is 0 Å². The molecule has 0 saturated carbocycles. The number of rotatable bonds is 4. The van der Waals surface area contributed by atoms with E-state index in [0.717, 1.165) is 22.1 Å². The molecule has 33 heavy (non-hydrogen) atoms. The molecule has 2 aromatic heterocycles. The van der Waals surface area contributed by atoms with Crippen molar-refractivity contribution in [3.8, 4) is 0 Å². The number of nitrogens with zero attached hydrogens (tertiary/aromatic N) is 2. The van der Waals surface area contributed by atoms with Crippen LogP contribution in [0.25, 0.3) is 22.1 Å². The zero-order chi connectivity index (χ0) is 23.9. The average Bonchev–Trinajstić information content (AvgIpc) is 3.31. The molecule has 0 aliphatic rings. The van der Waals surface area contributed by atoms with Crippen LogP contribution >= 0.6 is 0 Å². The van der Waals surface area contributed by atoms with Crippen LogP contribution in [0, 0.1) is 0 Å². The van der Waals surface area contributed by atoms with Gasteiger partial charge >= 0.3 is 16.5 Å². The summed E-state index contributed by atoms with van der Waals surface area (Å²) >= 11 is 0. The summed E-state index contributed by atoms with van der Waals surface area (Å²) in [6.45, 7) is 3.86. The molecular weight excluding hydrogens is 475 g/mol. The number of aromatic nitrogens is 4. The third-order valence-corrected chi connectivity index (χ3v) is 3.50. The van der Waals surface area contributed by atoms with Gasteiger partial charge in [-0.25, -0.2) is 9.97 Å². The summed E-state index contributed by atoms with van der Waals surface area (Å²) in [5.41, 5.74) is 3.25. The molecule has 0 radical (unpaired) electrons. The van der Waals surface area contributed by atoms with Gasteiger partial charge in [0.2, 0.25) is 0 Å². The number of aliphatic carboxylic acids is 2. The molecule has 2 heterocycles. The fourth-order valence-corrected chi connectivity index (χ4v) is 2.45. The van der Waals surface area contributed by atoms with E-state index < -0.39 is 11.9 Å². The second-order valence-corrected chi connectivity index (χ2v) is 6.13. The Balaban J connectivity index is 0.000000491. The first-order chi connectivity index (χ1) is 15.3. The number of nitrogens with one attached hydrogen (secondary N) is 2. The summed E-state index contributed by atoms with van der Waals surface area (Å²) in [7, 11) is 0. The molecule has 0 atom stereocenters. The van der Waals surface area contributed by atoms with Crippen molar-refractivity contribution < 1.29 is 46.5 Å². The smallest absolute Gasteiger partial charge is 0.550 e. The van der Waals surface area contributed by atoms with E-state index in [1.807, 2.05) is 48.5 Å². The first-order valence-corrected chi connectivity index (χ1v) is 9.83. The van der Waals surface area contributed by atoms with E-state index >= 15 is 0 Å². The summed E-state index contributed by atoms with van der Waals surface area (Å²) in [4.78, 5) is 34.5. The van der Waals surface area contributed by atoms with E-state index in [1.54, 1.807) is 13.8 Å². The molecule has 0 aliphatic carbocycles. The normalized spacial score (nSPS) is 9.33. The Labute approximate surface area is 200 Å². The largest absolute Gasteiger partial charge is 2.00 e. The first-order valence-electron chi connectivity index (χ1n) is 9.83. The van der Waals surface area contributed by atoms with Gasteiger partial charge in [0.25, 0.3) is 0 Å². The fraction of sp³-hybridized carbons (Fsp3) is 0.273. The molecule has 10 nitrogen and oxygen atoms in total. The topological polar surface area (TPSA) is 178 Å². The molecular formula is C22H26N4NiO6. The number of aliphatic hydroxyl groups is 2. The van der Waals surface area contributed by atoms with Crippen molar-refractivity contribution in [1.82, 2.24) is 19.9 Å². The maximum atomic E-state index is 10.3. The number of hydrogen-bond acceptors (Lipinski definition) is 8. The van der Waals surface area contributed by atoms with Gasteiger partial charge in [0, 0.05) is 38.0 Å². The summed E-state index contributed by atoms with van der Waals surface area (Å²) in [6.07, 6.45) is -0.344. The number of carboxylic acids is 2. The van der Waals surface area contributed by atoms with Crippen molar-refractivity contribution in [2.24, 2.45) is 0 Å². The van der Waals surface area contributed by atoms with Crippen LogP contribution in [-0.4, -0.2) is 55.3 Å². The monoisotopic (exact) mass is 500 g/mol. The van der Waals surface area contributed by atoms with Crippen LogP contribution in [0.3, 0.4) is 0 Å². The molecule has 11 heteroatoms. The van der Waals surface area contributed by atoms with Crippen molar-refractivity contribution >= 4 is 34.0 Å². The van der Waals surface area contributed by atoms with Crippen molar-refractivity contribution in [2.45, 2.75) is 26.7 Å². The van der Waals surface area contributed by atoms with Crippen LogP contribution in [-0.2, 0) is 38.9 Å². The molecule has 0 saturated heterocycles. The van der Waals surface area contributed by atoms with Crippen LogP contribution in [0.4, 0.5) is 0 Å². The number of carboxylic acid groups (broad SMARTS) is 2. The number of para-hydroxylation sites is 4. The minimum absolute atomic E-state index is 0. The number of imidazole rings is 2. The van der Waals surface area contributed by atoms with Crippen molar-refractivity contribution in [2.75, 3.05) is 13.2 Å². The Morgan fingerprint density at radius 2 is 1.06 bits per heavy atom. The van der Waals surface area contributed by atoms with Crippen molar-refractivity contribution in [1.29, 1.82) is 0 Å². The zero-order valence-corrected chi connectivity index (χ0v) is 19.2. The minimum atomic E-state index is -1.13. The molecule has 4 aromatic rings. The van der Waals surface area contributed by atoms with Crippen LogP contribution in [0.5, 0.6) is 0 Å². The Kier molecular flexibility index (Phi) is 14.8. The summed E-state index contributed by atoms with van der Waals surface area (Å²) in [6, 6.07) is 14.8. The van der Waals surface area contributed by atoms with Crippen molar-refractivity contribution in [3.05, 3.63) is 60.2 Å². The molecule has 180 valence electrons. The quantitative estimate of drug-likeness (QED) is 0.276. The SMILES string of the molecule is CCO.CCO.O=C([O-])Cc1nc2ccccc2[nH]1.O=C([O-])Cc1nc2ccccc2[nH]1.[Ni+2]. The van der Waals surface area contributed by atoms with E-state index in [0.29, 0.717) is 11.6 Å². The summed E-state index contributed by atoms with van der Waals surface area (Å²) in [5, 5.41) is 35.7. The first kappa shape index (κ1) is 29.7. The number of aromatic amines is 2. The number of H-pyrrole nitrogens is 2. The Bertz CT molecular complexity index is 958. The van der Waals surface area contributed by atoms with E-state index in [9.17, 15) is 19.8 Å². The molecule has 0 spiro atoms. The van der Waals surface area contributed by atoms with Crippen molar-refractivity contribution in [3.63, 3.8) is 0 Å². The Morgan fingerprint density at radius 3 is 1.33 bits per heavy atom.